The Labute approximate surface area is 148 Å². The molecule has 0 bridgehead atoms. The third kappa shape index (κ3) is 4.36. The van der Waals surface area contributed by atoms with Crippen molar-refractivity contribution < 1.29 is 9.47 Å². The Morgan fingerprint density at radius 1 is 1.16 bits per heavy atom. The minimum atomic E-state index is 0.379. The molecule has 25 heavy (non-hydrogen) atoms. The number of pyridine rings is 1. The average Bonchev–Trinajstić information content (AvgIpc) is 2.68. The van der Waals surface area contributed by atoms with Gasteiger partial charge in [-0.05, 0) is 31.0 Å². The van der Waals surface area contributed by atoms with Crippen LogP contribution < -0.4 is 14.4 Å². The molecule has 0 aromatic carbocycles. The number of nitrogens with zero attached hydrogens (tertiary/aromatic N) is 5. The molecular weight excluding hydrogens is 318 g/mol. The Morgan fingerprint density at radius 3 is 2.76 bits per heavy atom. The van der Waals surface area contributed by atoms with Crippen LogP contribution in [-0.4, -0.2) is 60.3 Å². The summed E-state index contributed by atoms with van der Waals surface area (Å²) in [6, 6.07) is 6.19. The van der Waals surface area contributed by atoms with E-state index in [0.29, 0.717) is 23.8 Å². The summed E-state index contributed by atoms with van der Waals surface area (Å²) >= 11 is 0. The highest BCUT2D eigenvalue weighted by Crippen LogP contribution is 2.21. The number of methoxy groups -OCH3 is 2. The predicted molar refractivity (Wildman–Crippen MR) is 96.1 cm³/mol. The van der Waals surface area contributed by atoms with Crippen molar-refractivity contribution in [1.29, 1.82) is 0 Å². The lowest BCUT2D eigenvalue weighted by molar-refractivity contribution is 0.197. The van der Waals surface area contributed by atoms with Crippen LogP contribution in [0, 0.1) is 0 Å². The van der Waals surface area contributed by atoms with Gasteiger partial charge >= 0.3 is 0 Å². The predicted octanol–water partition coefficient (Wildman–Crippen LogP) is 1.99. The molecule has 1 atom stereocenters. The second kappa shape index (κ2) is 8.11. The Morgan fingerprint density at radius 2 is 1.96 bits per heavy atom. The van der Waals surface area contributed by atoms with Gasteiger partial charge in [0.25, 0.3) is 0 Å². The Bertz CT molecular complexity index is 697. The summed E-state index contributed by atoms with van der Waals surface area (Å²) in [5.41, 5.74) is 1.22. The van der Waals surface area contributed by atoms with Gasteiger partial charge in [0.15, 0.2) is 0 Å². The van der Waals surface area contributed by atoms with E-state index in [1.807, 2.05) is 12.1 Å². The monoisotopic (exact) mass is 343 g/mol. The molecule has 0 amide bonds. The van der Waals surface area contributed by atoms with Crippen LogP contribution in [0.4, 0.5) is 5.95 Å². The summed E-state index contributed by atoms with van der Waals surface area (Å²) in [5, 5.41) is 0. The number of likely N-dealkylation sites (N-methyl/N-ethyl adjacent to an activating group) is 1. The molecule has 0 radical (unpaired) electrons. The van der Waals surface area contributed by atoms with Crippen molar-refractivity contribution in [2.75, 3.05) is 39.3 Å². The SMILES string of the molecule is COc1cc(CN2CCCC(N(C)c3nccc(OC)n3)C2)ccn1. The average molecular weight is 343 g/mol. The molecule has 0 aliphatic carbocycles. The zero-order valence-electron chi connectivity index (χ0n) is 15.1. The largest absolute Gasteiger partial charge is 0.481 e. The summed E-state index contributed by atoms with van der Waals surface area (Å²) in [5.74, 6) is 1.96. The number of aromatic nitrogens is 3. The first-order valence-electron chi connectivity index (χ1n) is 8.50. The van der Waals surface area contributed by atoms with Crippen molar-refractivity contribution in [3.05, 3.63) is 36.2 Å². The topological polar surface area (TPSA) is 63.6 Å². The summed E-state index contributed by atoms with van der Waals surface area (Å²) < 4.78 is 10.4. The van der Waals surface area contributed by atoms with E-state index in [2.05, 4.69) is 31.8 Å². The van der Waals surface area contributed by atoms with E-state index in [1.54, 1.807) is 32.7 Å². The smallest absolute Gasteiger partial charge is 0.228 e. The molecule has 1 saturated heterocycles. The van der Waals surface area contributed by atoms with Crippen LogP contribution in [0.1, 0.15) is 18.4 Å². The van der Waals surface area contributed by atoms with Crippen LogP contribution >= 0.6 is 0 Å². The fourth-order valence-electron chi connectivity index (χ4n) is 3.19. The van der Waals surface area contributed by atoms with E-state index in [-0.39, 0.29) is 0 Å². The third-order valence-electron chi connectivity index (χ3n) is 4.58. The molecule has 3 rings (SSSR count). The number of piperidine rings is 1. The maximum absolute atomic E-state index is 5.22. The molecule has 1 fully saturated rings. The fraction of sp³-hybridized carbons (Fsp3) is 0.500. The second-order valence-corrected chi connectivity index (χ2v) is 6.25. The van der Waals surface area contributed by atoms with E-state index < -0.39 is 0 Å². The Kier molecular flexibility index (Phi) is 5.65. The Balaban J connectivity index is 1.65. The lowest BCUT2D eigenvalue weighted by atomic mass is 10.0. The van der Waals surface area contributed by atoms with Crippen LogP contribution in [0.25, 0.3) is 0 Å². The van der Waals surface area contributed by atoms with Gasteiger partial charge in [-0.25, -0.2) is 9.97 Å². The van der Waals surface area contributed by atoms with Crippen molar-refractivity contribution in [2.45, 2.75) is 25.4 Å². The third-order valence-corrected chi connectivity index (χ3v) is 4.58. The van der Waals surface area contributed by atoms with Crippen LogP contribution in [-0.2, 0) is 6.54 Å². The van der Waals surface area contributed by atoms with Crippen molar-refractivity contribution in [3.63, 3.8) is 0 Å². The highest BCUT2D eigenvalue weighted by molar-refractivity contribution is 5.32. The normalized spacial score (nSPS) is 18.0. The summed E-state index contributed by atoms with van der Waals surface area (Å²) in [4.78, 5) is 17.6. The molecule has 134 valence electrons. The molecule has 1 unspecified atom stereocenters. The molecule has 2 aromatic rings. The number of hydrogen-bond acceptors (Lipinski definition) is 7. The van der Waals surface area contributed by atoms with Gasteiger partial charge in [0.1, 0.15) is 0 Å². The van der Waals surface area contributed by atoms with Crippen LogP contribution in [0.15, 0.2) is 30.6 Å². The zero-order chi connectivity index (χ0) is 17.6. The Hall–Kier alpha value is -2.41. The van der Waals surface area contributed by atoms with Gasteiger partial charge < -0.3 is 14.4 Å². The molecule has 2 aromatic heterocycles. The number of likely N-dealkylation sites (tertiary alicyclic amines) is 1. The molecule has 3 heterocycles. The lowest BCUT2D eigenvalue weighted by Gasteiger charge is -2.37. The van der Waals surface area contributed by atoms with Gasteiger partial charge in [0.2, 0.25) is 17.7 Å². The molecular formula is C18H25N5O2. The minimum absolute atomic E-state index is 0.379. The summed E-state index contributed by atoms with van der Waals surface area (Å²) in [6.07, 6.45) is 5.82. The quantitative estimate of drug-likeness (QED) is 0.795. The lowest BCUT2D eigenvalue weighted by Crippen LogP contribution is -2.46. The van der Waals surface area contributed by atoms with Gasteiger partial charge in [0, 0.05) is 50.7 Å². The standard InChI is InChI=1S/C18H25N5O2/c1-22(18-20-9-7-16(21-18)24-2)15-5-4-10-23(13-15)12-14-6-8-19-17(11-14)25-3/h6-9,11,15H,4-5,10,12-13H2,1-3H3. The minimum Gasteiger partial charge on any atom is -0.481 e. The van der Waals surface area contributed by atoms with Crippen LogP contribution in [0.2, 0.25) is 0 Å². The molecule has 0 saturated carbocycles. The summed E-state index contributed by atoms with van der Waals surface area (Å²) in [7, 11) is 5.32. The van der Waals surface area contributed by atoms with E-state index in [4.69, 9.17) is 9.47 Å². The number of rotatable bonds is 6. The molecule has 0 N–H and O–H groups in total. The molecule has 7 heteroatoms. The van der Waals surface area contributed by atoms with E-state index >= 15 is 0 Å². The van der Waals surface area contributed by atoms with Gasteiger partial charge in [0.05, 0.1) is 14.2 Å². The van der Waals surface area contributed by atoms with E-state index in [9.17, 15) is 0 Å². The molecule has 1 aliphatic heterocycles. The van der Waals surface area contributed by atoms with E-state index in [1.165, 1.54) is 5.56 Å². The van der Waals surface area contributed by atoms with Crippen molar-refractivity contribution >= 4 is 5.95 Å². The number of anilines is 1. The van der Waals surface area contributed by atoms with Crippen LogP contribution in [0.5, 0.6) is 11.8 Å². The van der Waals surface area contributed by atoms with Gasteiger partial charge in [-0.2, -0.15) is 4.98 Å². The summed E-state index contributed by atoms with van der Waals surface area (Å²) in [6.45, 7) is 2.96. The van der Waals surface area contributed by atoms with Crippen molar-refractivity contribution in [3.8, 4) is 11.8 Å². The van der Waals surface area contributed by atoms with Gasteiger partial charge in [-0.1, -0.05) is 0 Å². The first-order valence-corrected chi connectivity index (χ1v) is 8.50. The maximum Gasteiger partial charge on any atom is 0.228 e. The highest BCUT2D eigenvalue weighted by atomic mass is 16.5. The first kappa shape index (κ1) is 17.4. The molecule has 1 aliphatic rings. The fourth-order valence-corrected chi connectivity index (χ4v) is 3.19. The molecule has 0 spiro atoms. The van der Waals surface area contributed by atoms with Gasteiger partial charge in [-0.3, -0.25) is 4.90 Å². The van der Waals surface area contributed by atoms with Crippen molar-refractivity contribution in [2.24, 2.45) is 0 Å². The number of ether oxygens (including phenoxy) is 2. The first-order chi connectivity index (χ1) is 12.2. The van der Waals surface area contributed by atoms with Crippen LogP contribution in [0.3, 0.4) is 0 Å². The second-order valence-electron chi connectivity index (χ2n) is 6.25. The number of hydrogen-bond donors (Lipinski definition) is 0. The maximum atomic E-state index is 5.22. The van der Waals surface area contributed by atoms with Gasteiger partial charge in [-0.15, -0.1) is 0 Å². The highest BCUT2D eigenvalue weighted by Gasteiger charge is 2.25. The molecule has 7 nitrogen and oxygen atoms in total. The van der Waals surface area contributed by atoms with Crippen molar-refractivity contribution in [1.82, 2.24) is 19.9 Å². The zero-order valence-corrected chi connectivity index (χ0v) is 15.1. The van der Waals surface area contributed by atoms with E-state index in [0.717, 1.165) is 32.5 Å².